The van der Waals surface area contributed by atoms with Crippen LogP contribution in [0.5, 0.6) is 0 Å². The lowest BCUT2D eigenvalue weighted by atomic mass is 9.97. The fraction of sp³-hybridized carbons (Fsp3) is 0.600. The number of likely N-dealkylation sites (tertiary alicyclic amines) is 1. The van der Waals surface area contributed by atoms with Gasteiger partial charge in [0.1, 0.15) is 6.04 Å². The fourth-order valence-electron chi connectivity index (χ4n) is 4.98. The minimum absolute atomic E-state index is 0.146. The number of aromatic amines is 1. The second-order valence-electron chi connectivity index (χ2n) is 9.08. The molecule has 4 rings (SSSR count). The molecule has 1 unspecified atom stereocenters. The summed E-state index contributed by atoms with van der Waals surface area (Å²) >= 11 is 0. The number of benzene rings is 1. The predicted octanol–water partition coefficient (Wildman–Crippen LogP) is 3.18. The SMILES string of the molecule is COC(=O)C(Cc1c[nH]c2ccccc12)NC(=O)CN1CCC(OC2CCCCC2)CC1. The topological polar surface area (TPSA) is 83.7 Å². The van der Waals surface area contributed by atoms with Crippen LogP contribution in [-0.4, -0.2) is 66.8 Å². The summed E-state index contributed by atoms with van der Waals surface area (Å²) in [5, 5.41) is 3.95. The molecule has 1 saturated heterocycles. The van der Waals surface area contributed by atoms with Gasteiger partial charge < -0.3 is 19.8 Å². The summed E-state index contributed by atoms with van der Waals surface area (Å²) in [6.07, 6.45) is 11.2. The van der Waals surface area contributed by atoms with E-state index in [1.807, 2.05) is 30.5 Å². The lowest BCUT2D eigenvalue weighted by Crippen LogP contribution is -2.49. The number of para-hydroxylation sites is 1. The molecule has 0 spiro atoms. The Hall–Kier alpha value is -2.38. The van der Waals surface area contributed by atoms with Crippen molar-refractivity contribution in [2.75, 3.05) is 26.7 Å². The van der Waals surface area contributed by atoms with Gasteiger partial charge in [-0.15, -0.1) is 0 Å². The molecule has 1 amide bonds. The normalized spacial score (nSPS) is 19.7. The molecule has 2 fully saturated rings. The molecule has 7 heteroatoms. The Morgan fingerprint density at radius 1 is 1.09 bits per heavy atom. The van der Waals surface area contributed by atoms with Gasteiger partial charge in [-0.3, -0.25) is 9.69 Å². The average Bonchev–Trinajstić information content (AvgIpc) is 3.23. The number of nitrogens with zero attached hydrogens (tertiary/aromatic N) is 1. The average molecular weight is 442 g/mol. The van der Waals surface area contributed by atoms with E-state index in [1.165, 1.54) is 39.2 Å². The van der Waals surface area contributed by atoms with Crippen LogP contribution in [0.15, 0.2) is 30.5 Å². The molecule has 2 heterocycles. The zero-order valence-corrected chi connectivity index (χ0v) is 19.0. The first-order valence-electron chi connectivity index (χ1n) is 11.9. The van der Waals surface area contributed by atoms with Gasteiger partial charge in [0.15, 0.2) is 0 Å². The molecule has 1 atom stereocenters. The highest BCUT2D eigenvalue weighted by Gasteiger charge is 2.27. The van der Waals surface area contributed by atoms with E-state index >= 15 is 0 Å². The maximum atomic E-state index is 12.7. The summed E-state index contributed by atoms with van der Waals surface area (Å²) in [4.78, 5) is 30.5. The molecule has 32 heavy (non-hydrogen) atoms. The van der Waals surface area contributed by atoms with E-state index in [1.54, 1.807) is 0 Å². The molecular weight excluding hydrogens is 406 g/mol. The first-order valence-corrected chi connectivity index (χ1v) is 11.9. The maximum Gasteiger partial charge on any atom is 0.328 e. The van der Waals surface area contributed by atoms with Crippen molar-refractivity contribution in [1.82, 2.24) is 15.2 Å². The Balaban J connectivity index is 1.27. The monoisotopic (exact) mass is 441 g/mol. The second-order valence-corrected chi connectivity index (χ2v) is 9.08. The molecule has 1 aliphatic carbocycles. The van der Waals surface area contributed by atoms with E-state index in [-0.39, 0.29) is 12.5 Å². The summed E-state index contributed by atoms with van der Waals surface area (Å²) in [5.74, 6) is -0.574. The highest BCUT2D eigenvalue weighted by atomic mass is 16.5. The lowest BCUT2D eigenvalue weighted by Gasteiger charge is -2.34. The van der Waals surface area contributed by atoms with E-state index in [0.717, 1.165) is 42.4 Å². The Labute approximate surface area is 189 Å². The number of carbonyl (C=O) groups is 2. The number of piperidine rings is 1. The minimum atomic E-state index is -0.709. The molecule has 1 aromatic heterocycles. The minimum Gasteiger partial charge on any atom is -0.467 e. The van der Waals surface area contributed by atoms with Gasteiger partial charge in [-0.25, -0.2) is 4.79 Å². The quantitative estimate of drug-likeness (QED) is 0.615. The largest absolute Gasteiger partial charge is 0.467 e. The number of fused-ring (bicyclic) bond motifs is 1. The van der Waals surface area contributed by atoms with Crippen LogP contribution >= 0.6 is 0 Å². The van der Waals surface area contributed by atoms with Crippen LogP contribution < -0.4 is 5.32 Å². The highest BCUT2D eigenvalue weighted by Crippen LogP contribution is 2.25. The number of hydrogen-bond acceptors (Lipinski definition) is 5. The Morgan fingerprint density at radius 3 is 2.56 bits per heavy atom. The van der Waals surface area contributed by atoms with E-state index in [4.69, 9.17) is 9.47 Å². The highest BCUT2D eigenvalue weighted by molar-refractivity contribution is 5.87. The Morgan fingerprint density at radius 2 is 1.81 bits per heavy atom. The van der Waals surface area contributed by atoms with Crippen LogP contribution in [0.1, 0.15) is 50.5 Å². The number of aromatic nitrogens is 1. The first-order chi connectivity index (χ1) is 15.6. The van der Waals surface area contributed by atoms with Crippen molar-refractivity contribution in [2.45, 2.75) is 69.6 Å². The number of H-pyrrole nitrogens is 1. The number of esters is 1. The van der Waals surface area contributed by atoms with E-state index in [0.29, 0.717) is 18.6 Å². The third-order valence-corrected chi connectivity index (χ3v) is 6.76. The maximum absolute atomic E-state index is 12.7. The van der Waals surface area contributed by atoms with Crippen molar-refractivity contribution >= 4 is 22.8 Å². The molecule has 0 bridgehead atoms. The van der Waals surface area contributed by atoms with Gasteiger partial charge in [0, 0.05) is 36.6 Å². The summed E-state index contributed by atoms with van der Waals surface area (Å²) in [7, 11) is 1.35. The summed E-state index contributed by atoms with van der Waals surface area (Å²) in [6, 6.07) is 7.22. The van der Waals surface area contributed by atoms with Crippen LogP contribution in [0.3, 0.4) is 0 Å². The molecular formula is C25H35N3O4. The smallest absolute Gasteiger partial charge is 0.328 e. The van der Waals surface area contributed by atoms with Gasteiger partial charge in [-0.2, -0.15) is 0 Å². The zero-order valence-electron chi connectivity index (χ0n) is 19.0. The van der Waals surface area contributed by atoms with Crippen molar-refractivity contribution in [3.8, 4) is 0 Å². The van der Waals surface area contributed by atoms with Crippen LogP contribution in [0.4, 0.5) is 0 Å². The van der Waals surface area contributed by atoms with E-state index in [9.17, 15) is 9.59 Å². The van der Waals surface area contributed by atoms with Gasteiger partial charge in [0.05, 0.1) is 25.9 Å². The molecule has 174 valence electrons. The molecule has 0 radical (unpaired) electrons. The van der Waals surface area contributed by atoms with Crippen molar-refractivity contribution < 1.29 is 19.1 Å². The summed E-state index contributed by atoms with van der Waals surface area (Å²) in [6.45, 7) is 1.98. The molecule has 2 N–H and O–H groups in total. The fourth-order valence-corrected chi connectivity index (χ4v) is 4.98. The Kier molecular flexibility index (Phi) is 7.81. The molecule has 1 aliphatic heterocycles. The van der Waals surface area contributed by atoms with Gasteiger partial charge in [0.2, 0.25) is 5.91 Å². The molecule has 1 aromatic carbocycles. The number of nitrogens with one attached hydrogen (secondary N) is 2. The number of methoxy groups -OCH3 is 1. The molecule has 2 aliphatic rings. The second kappa shape index (κ2) is 11.0. The van der Waals surface area contributed by atoms with Crippen molar-refractivity contribution in [2.24, 2.45) is 0 Å². The van der Waals surface area contributed by atoms with Crippen molar-refractivity contribution in [3.05, 3.63) is 36.0 Å². The number of carbonyl (C=O) groups excluding carboxylic acids is 2. The van der Waals surface area contributed by atoms with Gasteiger partial charge in [0.25, 0.3) is 0 Å². The number of rotatable bonds is 8. The molecule has 1 saturated carbocycles. The Bertz CT molecular complexity index is 897. The summed E-state index contributed by atoms with van der Waals surface area (Å²) < 4.78 is 11.3. The third-order valence-electron chi connectivity index (χ3n) is 6.76. The van der Waals surface area contributed by atoms with Gasteiger partial charge in [-0.05, 0) is 37.3 Å². The third kappa shape index (κ3) is 5.90. The molecule has 7 nitrogen and oxygen atoms in total. The lowest BCUT2D eigenvalue weighted by molar-refractivity contribution is -0.145. The number of ether oxygens (including phenoxy) is 2. The predicted molar refractivity (Wildman–Crippen MR) is 123 cm³/mol. The van der Waals surface area contributed by atoms with Crippen LogP contribution in [0, 0.1) is 0 Å². The van der Waals surface area contributed by atoms with Crippen LogP contribution in [0.25, 0.3) is 10.9 Å². The van der Waals surface area contributed by atoms with Crippen molar-refractivity contribution in [3.63, 3.8) is 0 Å². The summed E-state index contributed by atoms with van der Waals surface area (Å²) in [5.41, 5.74) is 1.99. The zero-order chi connectivity index (χ0) is 22.3. The molecule has 2 aromatic rings. The number of hydrogen-bond donors (Lipinski definition) is 2. The van der Waals surface area contributed by atoms with Gasteiger partial charge in [-0.1, -0.05) is 37.5 Å². The first kappa shape index (κ1) is 22.8. The number of amides is 1. The van der Waals surface area contributed by atoms with Crippen LogP contribution in [-0.2, 0) is 25.5 Å². The van der Waals surface area contributed by atoms with Gasteiger partial charge >= 0.3 is 5.97 Å². The standard InChI is InChI=1S/C25H35N3O4/c1-31-25(30)23(15-18-16-26-22-10-6-5-9-21(18)22)27-24(29)17-28-13-11-20(12-14-28)32-19-7-3-2-4-8-19/h5-6,9-10,16,19-20,23,26H,2-4,7-8,11-15,17H2,1H3,(H,27,29). The van der Waals surface area contributed by atoms with E-state index < -0.39 is 12.0 Å². The van der Waals surface area contributed by atoms with Crippen LogP contribution in [0.2, 0.25) is 0 Å². The van der Waals surface area contributed by atoms with Crippen molar-refractivity contribution in [1.29, 1.82) is 0 Å². The van der Waals surface area contributed by atoms with E-state index in [2.05, 4.69) is 15.2 Å².